The summed E-state index contributed by atoms with van der Waals surface area (Å²) in [6.45, 7) is 5.89. The van der Waals surface area contributed by atoms with E-state index >= 15 is 0 Å². The highest BCUT2D eigenvalue weighted by molar-refractivity contribution is 6.18. The second-order valence-electron chi connectivity index (χ2n) is 3.86. The van der Waals surface area contributed by atoms with Crippen molar-refractivity contribution in [3.63, 3.8) is 0 Å². The highest BCUT2D eigenvalue weighted by atomic mass is 35.5. The SMILES string of the molecule is CCN(CCCN(C)C)CC(O)CCl. The van der Waals surface area contributed by atoms with Crippen molar-refractivity contribution in [1.82, 2.24) is 9.80 Å². The van der Waals surface area contributed by atoms with Gasteiger partial charge in [0, 0.05) is 12.4 Å². The molecule has 1 atom stereocenters. The molecule has 0 rings (SSSR count). The fourth-order valence-electron chi connectivity index (χ4n) is 1.34. The second-order valence-corrected chi connectivity index (χ2v) is 4.17. The molecule has 0 aliphatic rings. The molecule has 0 spiro atoms. The number of hydrogen-bond donors (Lipinski definition) is 1. The molecule has 1 unspecified atom stereocenters. The third-order valence-electron chi connectivity index (χ3n) is 2.17. The molecule has 0 fully saturated rings. The van der Waals surface area contributed by atoms with Crippen LogP contribution in [0.5, 0.6) is 0 Å². The largest absolute Gasteiger partial charge is 0.391 e. The smallest absolute Gasteiger partial charge is 0.0802 e. The van der Waals surface area contributed by atoms with E-state index in [1.165, 1.54) is 0 Å². The summed E-state index contributed by atoms with van der Waals surface area (Å²) in [6, 6.07) is 0. The number of aliphatic hydroxyl groups is 1. The lowest BCUT2D eigenvalue weighted by Gasteiger charge is -2.23. The Bertz CT molecular complexity index is 133. The molecule has 0 aromatic rings. The van der Waals surface area contributed by atoms with Gasteiger partial charge in [-0.3, -0.25) is 0 Å². The number of halogens is 1. The minimum atomic E-state index is -0.393. The van der Waals surface area contributed by atoms with Gasteiger partial charge in [-0.2, -0.15) is 0 Å². The summed E-state index contributed by atoms with van der Waals surface area (Å²) in [7, 11) is 4.15. The second kappa shape index (κ2) is 8.48. The maximum atomic E-state index is 9.38. The number of aliphatic hydroxyl groups excluding tert-OH is 1. The average Bonchev–Trinajstić information content (AvgIpc) is 2.15. The molecule has 0 saturated heterocycles. The predicted molar refractivity (Wildman–Crippen MR) is 62.0 cm³/mol. The van der Waals surface area contributed by atoms with Crippen molar-refractivity contribution in [2.45, 2.75) is 19.4 Å². The highest BCUT2D eigenvalue weighted by Gasteiger charge is 2.08. The van der Waals surface area contributed by atoms with Crippen LogP contribution in [-0.4, -0.2) is 67.2 Å². The van der Waals surface area contributed by atoms with E-state index in [0.717, 1.165) is 26.1 Å². The van der Waals surface area contributed by atoms with Crippen LogP contribution in [0.4, 0.5) is 0 Å². The molecule has 1 N–H and O–H groups in total. The van der Waals surface area contributed by atoms with Crippen LogP contribution in [0, 0.1) is 0 Å². The van der Waals surface area contributed by atoms with Crippen molar-refractivity contribution in [2.24, 2.45) is 0 Å². The van der Waals surface area contributed by atoms with Crippen LogP contribution in [0.25, 0.3) is 0 Å². The van der Waals surface area contributed by atoms with Gasteiger partial charge in [0.15, 0.2) is 0 Å². The van der Waals surface area contributed by atoms with Gasteiger partial charge in [-0.25, -0.2) is 0 Å². The zero-order valence-corrected chi connectivity index (χ0v) is 10.3. The summed E-state index contributed by atoms with van der Waals surface area (Å²) in [5.74, 6) is 0.324. The lowest BCUT2D eigenvalue weighted by molar-refractivity contribution is 0.130. The molecular weight excluding hydrogens is 200 g/mol. The topological polar surface area (TPSA) is 26.7 Å². The Morgan fingerprint density at radius 2 is 1.93 bits per heavy atom. The highest BCUT2D eigenvalue weighted by Crippen LogP contribution is 1.97. The van der Waals surface area contributed by atoms with Gasteiger partial charge in [-0.15, -0.1) is 11.6 Å². The molecule has 0 saturated carbocycles. The summed E-state index contributed by atoms with van der Waals surface area (Å²) in [6.07, 6.45) is 0.742. The molecule has 0 amide bonds. The molecule has 0 radical (unpaired) electrons. The minimum absolute atomic E-state index is 0.324. The van der Waals surface area contributed by atoms with E-state index in [9.17, 15) is 5.11 Å². The van der Waals surface area contributed by atoms with Crippen LogP contribution in [0.1, 0.15) is 13.3 Å². The predicted octanol–water partition coefficient (Wildman–Crippen LogP) is 0.860. The molecule has 0 aromatic heterocycles. The molecule has 86 valence electrons. The zero-order chi connectivity index (χ0) is 11.0. The standard InChI is InChI=1S/C10H23ClN2O/c1-4-13(9-10(14)8-11)7-5-6-12(2)3/h10,14H,4-9H2,1-3H3. The molecule has 4 heteroatoms. The van der Waals surface area contributed by atoms with E-state index in [0.29, 0.717) is 12.4 Å². The van der Waals surface area contributed by atoms with Crippen molar-refractivity contribution >= 4 is 11.6 Å². The molecule has 14 heavy (non-hydrogen) atoms. The first-order valence-electron chi connectivity index (χ1n) is 5.21. The zero-order valence-electron chi connectivity index (χ0n) is 9.54. The van der Waals surface area contributed by atoms with Crippen molar-refractivity contribution in [3.8, 4) is 0 Å². The van der Waals surface area contributed by atoms with Crippen LogP contribution >= 0.6 is 11.6 Å². The Kier molecular flexibility index (Phi) is 8.58. The number of alkyl halides is 1. The lowest BCUT2D eigenvalue weighted by atomic mass is 10.3. The van der Waals surface area contributed by atoms with Crippen molar-refractivity contribution < 1.29 is 5.11 Å². The number of nitrogens with zero attached hydrogens (tertiary/aromatic N) is 2. The average molecular weight is 223 g/mol. The molecule has 0 heterocycles. The third kappa shape index (κ3) is 7.56. The minimum Gasteiger partial charge on any atom is -0.391 e. The van der Waals surface area contributed by atoms with E-state index in [-0.39, 0.29) is 0 Å². The number of hydrogen-bond acceptors (Lipinski definition) is 3. The maximum absolute atomic E-state index is 9.38. The van der Waals surface area contributed by atoms with Crippen molar-refractivity contribution in [1.29, 1.82) is 0 Å². The molecule has 3 nitrogen and oxygen atoms in total. The van der Waals surface area contributed by atoms with Gasteiger partial charge in [-0.05, 0) is 40.2 Å². The van der Waals surface area contributed by atoms with Crippen LogP contribution in [-0.2, 0) is 0 Å². The lowest BCUT2D eigenvalue weighted by Crippen LogP contribution is -2.35. The summed E-state index contributed by atoms with van der Waals surface area (Å²) in [5, 5.41) is 9.38. The molecule has 0 aliphatic heterocycles. The third-order valence-corrected chi connectivity index (χ3v) is 2.53. The van der Waals surface area contributed by atoms with Gasteiger partial charge in [0.25, 0.3) is 0 Å². The van der Waals surface area contributed by atoms with E-state index < -0.39 is 6.10 Å². The van der Waals surface area contributed by atoms with Crippen LogP contribution in [0.3, 0.4) is 0 Å². The quantitative estimate of drug-likeness (QED) is 0.618. The summed E-state index contributed by atoms with van der Waals surface area (Å²) >= 11 is 5.55. The monoisotopic (exact) mass is 222 g/mol. The van der Waals surface area contributed by atoms with Crippen LogP contribution in [0.15, 0.2) is 0 Å². The Hall–Kier alpha value is 0.170. The Balaban J connectivity index is 3.57. The first-order valence-corrected chi connectivity index (χ1v) is 5.74. The van der Waals surface area contributed by atoms with E-state index in [4.69, 9.17) is 11.6 Å². The Labute approximate surface area is 92.6 Å². The van der Waals surface area contributed by atoms with Gasteiger partial charge in [-0.1, -0.05) is 6.92 Å². The van der Waals surface area contributed by atoms with E-state index in [2.05, 4.69) is 30.8 Å². The fraction of sp³-hybridized carbons (Fsp3) is 1.00. The molecule has 0 aliphatic carbocycles. The normalized spacial score (nSPS) is 13.9. The van der Waals surface area contributed by atoms with Gasteiger partial charge >= 0.3 is 0 Å². The van der Waals surface area contributed by atoms with E-state index in [1.54, 1.807) is 0 Å². The van der Waals surface area contributed by atoms with Crippen LogP contribution < -0.4 is 0 Å². The van der Waals surface area contributed by atoms with Crippen molar-refractivity contribution in [3.05, 3.63) is 0 Å². The summed E-state index contributed by atoms with van der Waals surface area (Å²) in [5.41, 5.74) is 0. The molecular formula is C10H23ClN2O. The van der Waals surface area contributed by atoms with E-state index in [1.807, 2.05) is 0 Å². The summed E-state index contributed by atoms with van der Waals surface area (Å²) in [4.78, 5) is 4.41. The fourth-order valence-corrected chi connectivity index (χ4v) is 1.43. The Morgan fingerprint density at radius 1 is 1.29 bits per heavy atom. The number of likely N-dealkylation sites (N-methyl/N-ethyl adjacent to an activating group) is 1. The Morgan fingerprint density at radius 3 is 2.36 bits per heavy atom. The van der Waals surface area contributed by atoms with Crippen LogP contribution in [0.2, 0.25) is 0 Å². The number of rotatable bonds is 8. The maximum Gasteiger partial charge on any atom is 0.0802 e. The molecule has 0 aromatic carbocycles. The van der Waals surface area contributed by atoms with Gasteiger partial charge in [0.05, 0.1) is 6.10 Å². The van der Waals surface area contributed by atoms with Crippen molar-refractivity contribution in [2.75, 3.05) is 46.2 Å². The van der Waals surface area contributed by atoms with Gasteiger partial charge in [0.1, 0.15) is 0 Å². The summed E-state index contributed by atoms with van der Waals surface area (Å²) < 4.78 is 0. The molecule has 0 bridgehead atoms. The van der Waals surface area contributed by atoms with Gasteiger partial charge in [0.2, 0.25) is 0 Å². The first kappa shape index (κ1) is 14.2. The first-order chi connectivity index (χ1) is 6.60. The van der Waals surface area contributed by atoms with Gasteiger partial charge < -0.3 is 14.9 Å².